The summed E-state index contributed by atoms with van der Waals surface area (Å²) in [7, 11) is 0. The number of benzene rings is 1. The van der Waals surface area contributed by atoms with Gasteiger partial charge in [-0.1, -0.05) is 12.1 Å². The molecule has 10 heteroatoms. The minimum Gasteiger partial charge on any atom is -0.477 e. The molecule has 2 rings (SSSR count). The predicted octanol–water partition coefficient (Wildman–Crippen LogP) is 3.36. The molecule has 1 N–H and O–H groups in total. The van der Waals surface area contributed by atoms with Gasteiger partial charge in [0, 0.05) is 6.07 Å². The summed E-state index contributed by atoms with van der Waals surface area (Å²) < 4.78 is 10.2. The summed E-state index contributed by atoms with van der Waals surface area (Å²) in [6.45, 7) is 4.22. The van der Waals surface area contributed by atoms with Gasteiger partial charge in [0.05, 0.1) is 22.0 Å². The molecule has 0 spiro atoms. The van der Waals surface area contributed by atoms with Crippen molar-refractivity contribution in [1.82, 2.24) is 0 Å². The molecule has 0 aliphatic heterocycles. The number of carbonyl (C=O) groups excluding carboxylic acids is 3. The highest BCUT2D eigenvalue weighted by Crippen LogP contribution is 2.34. The summed E-state index contributed by atoms with van der Waals surface area (Å²) in [5.74, 6) is -1.59. The Labute approximate surface area is 164 Å². The molecule has 0 radical (unpaired) electrons. The van der Waals surface area contributed by atoms with E-state index >= 15 is 0 Å². The molecule has 0 unspecified atom stereocenters. The van der Waals surface area contributed by atoms with E-state index < -0.39 is 23.4 Å². The number of ether oxygens (including phenoxy) is 2. The lowest BCUT2D eigenvalue weighted by Crippen LogP contribution is -2.21. The quantitative estimate of drug-likeness (QED) is 0.308. The first-order chi connectivity index (χ1) is 13.3. The fraction of sp³-hybridized carbons (Fsp3) is 0.278. The van der Waals surface area contributed by atoms with Crippen LogP contribution in [0, 0.1) is 17.0 Å². The number of nitrogens with one attached hydrogen (secondary N) is 1. The van der Waals surface area contributed by atoms with Crippen LogP contribution in [0.2, 0.25) is 0 Å². The topological polar surface area (TPSA) is 125 Å². The average molecular weight is 406 g/mol. The maximum atomic E-state index is 12.3. The van der Waals surface area contributed by atoms with Crippen molar-refractivity contribution in [3.63, 3.8) is 0 Å². The molecule has 9 nitrogen and oxygen atoms in total. The van der Waals surface area contributed by atoms with Gasteiger partial charge in [-0.2, -0.15) is 0 Å². The van der Waals surface area contributed by atoms with Gasteiger partial charge >= 0.3 is 11.7 Å². The Bertz CT molecular complexity index is 936. The van der Waals surface area contributed by atoms with Crippen LogP contribution in [0.1, 0.15) is 39.4 Å². The maximum Gasteiger partial charge on any atom is 0.341 e. The predicted molar refractivity (Wildman–Crippen MR) is 102 cm³/mol. The molecule has 0 saturated heterocycles. The Morgan fingerprint density at radius 1 is 1.25 bits per heavy atom. The first kappa shape index (κ1) is 21.0. The summed E-state index contributed by atoms with van der Waals surface area (Å²) in [5, 5.41) is 13.7. The molecule has 0 aliphatic rings. The molecular formula is C18H18N2O7S. The molecule has 1 aromatic heterocycles. The third-order valence-corrected chi connectivity index (χ3v) is 4.93. The standard InChI is InChI=1S/C18H18N2O7S/c1-4-26-18(23)15-10(2)16(11(3)21)28-17(15)19-14(22)9-27-13-8-6-5-7-12(13)20(24)25/h5-8H,4,9H2,1-3H3,(H,19,22). The van der Waals surface area contributed by atoms with Crippen LogP contribution >= 0.6 is 11.3 Å². The van der Waals surface area contributed by atoms with Gasteiger partial charge in [-0.25, -0.2) is 4.79 Å². The summed E-state index contributed by atoms with van der Waals surface area (Å²) >= 11 is 0.960. The Hall–Kier alpha value is -3.27. The van der Waals surface area contributed by atoms with Crippen LogP contribution in [0.3, 0.4) is 0 Å². The van der Waals surface area contributed by atoms with Crippen LogP contribution in [0.15, 0.2) is 24.3 Å². The molecule has 0 aliphatic carbocycles. The van der Waals surface area contributed by atoms with E-state index in [1.54, 1.807) is 19.9 Å². The lowest BCUT2D eigenvalue weighted by Gasteiger charge is -2.08. The molecule has 148 valence electrons. The maximum absolute atomic E-state index is 12.3. The number of nitrogens with zero attached hydrogens (tertiary/aromatic N) is 1. The van der Waals surface area contributed by atoms with Gasteiger partial charge in [-0.15, -0.1) is 11.3 Å². The van der Waals surface area contributed by atoms with Crippen molar-refractivity contribution in [2.75, 3.05) is 18.5 Å². The number of para-hydroxylation sites is 2. The third kappa shape index (κ3) is 4.71. The zero-order valence-electron chi connectivity index (χ0n) is 15.4. The molecule has 28 heavy (non-hydrogen) atoms. The van der Waals surface area contributed by atoms with Crippen molar-refractivity contribution in [3.8, 4) is 5.75 Å². The van der Waals surface area contributed by atoms with Crippen molar-refractivity contribution < 1.29 is 28.8 Å². The lowest BCUT2D eigenvalue weighted by atomic mass is 10.1. The second-order valence-corrected chi connectivity index (χ2v) is 6.62. The highest BCUT2D eigenvalue weighted by atomic mass is 32.1. The lowest BCUT2D eigenvalue weighted by molar-refractivity contribution is -0.385. The number of hydrogen-bond acceptors (Lipinski definition) is 8. The van der Waals surface area contributed by atoms with Crippen molar-refractivity contribution in [1.29, 1.82) is 0 Å². The zero-order valence-corrected chi connectivity index (χ0v) is 16.3. The Morgan fingerprint density at radius 2 is 1.93 bits per heavy atom. The van der Waals surface area contributed by atoms with Crippen LogP contribution in [0.5, 0.6) is 5.75 Å². The largest absolute Gasteiger partial charge is 0.477 e. The molecule has 2 aromatic rings. The number of amides is 1. The number of Topliss-reactive ketones (excluding diaryl/α,β-unsaturated/α-hetero) is 1. The molecule has 1 heterocycles. The van der Waals surface area contributed by atoms with Crippen LogP contribution in [0.4, 0.5) is 10.7 Å². The van der Waals surface area contributed by atoms with Crippen molar-refractivity contribution in [2.45, 2.75) is 20.8 Å². The van der Waals surface area contributed by atoms with E-state index in [1.165, 1.54) is 25.1 Å². The van der Waals surface area contributed by atoms with E-state index in [9.17, 15) is 24.5 Å². The molecule has 0 fully saturated rings. The van der Waals surface area contributed by atoms with E-state index in [-0.39, 0.29) is 34.4 Å². The summed E-state index contributed by atoms with van der Waals surface area (Å²) in [6.07, 6.45) is 0. The van der Waals surface area contributed by atoms with Gasteiger partial charge in [-0.05, 0) is 32.4 Å². The van der Waals surface area contributed by atoms with E-state index in [1.807, 2.05) is 0 Å². The van der Waals surface area contributed by atoms with Crippen LogP contribution in [-0.4, -0.2) is 35.8 Å². The minimum absolute atomic E-state index is 0.0555. The first-order valence-corrected chi connectivity index (χ1v) is 9.05. The number of thiophene rings is 1. The van der Waals surface area contributed by atoms with Crippen LogP contribution in [-0.2, 0) is 9.53 Å². The molecule has 1 aromatic carbocycles. The van der Waals surface area contributed by atoms with E-state index in [4.69, 9.17) is 9.47 Å². The second-order valence-electron chi connectivity index (χ2n) is 5.60. The van der Waals surface area contributed by atoms with Crippen molar-refractivity contribution in [3.05, 3.63) is 50.4 Å². The van der Waals surface area contributed by atoms with E-state index in [0.717, 1.165) is 11.3 Å². The molecule has 0 bridgehead atoms. The Kier molecular flexibility index (Phi) is 6.83. The first-order valence-electron chi connectivity index (χ1n) is 8.23. The minimum atomic E-state index is -0.654. The SMILES string of the molecule is CCOC(=O)c1c(NC(=O)COc2ccccc2[N+](=O)[O-])sc(C(C)=O)c1C. The van der Waals surface area contributed by atoms with Gasteiger partial charge in [0.15, 0.2) is 18.1 Å². The summed E-state index contributed by atoms with van der Waals surface area (Å²) in [4.78, 5) is 46.9. The number of carbonyl (C=O) groups is 3. The summed E-state index contributed by atoms with van der Waals surface area (Å²) in [6, 6.07) is 5.65. The van der Waals surface area contributed by atoms with Crippen molar-refractivity contribution in [2.24, 2.45) is 0 Å². The smallest absolute Gasteiger partial charge is 0.341 e. The van der Waals surface area contributed by atoms with Gasteiger partial charge in [0.25, 0.3) is 5.91 Å². The number of anilines is 1. The number of nitro groups is 1. The number of hydrogen-bond donors (Lipinski definition) is 1. The summed E-state index contributed by atoms with van der Waals surface area (Å²) in [5.41, 5.74) is 0.260. The van der Waals surface area contributed by atoms with Gasteiger partial charge in [0.2, 0.25) is 0 Å². The third-order valence-electron chi connectivity index (χ3n) is 3.62. The number of nitro benzene ring substituents is 1. The molecule has 0 saturated carbocycles. The number of rotatable bonds is 8. The van der Waals surface area contributed by atoms with Gasteiger partial charge < -0.3 is 14.8 Å². The molecular weight excluding hydrogens is 388 g/mol. The average Bonchev–Trinajstić information content (AvgIpc) is 2.96. The van der Waals surface area contributed by atoms with Crippen LogP contribution in [0.25, 0.3) is 0 Å². The molecule has 1 amide bonds. The van der Waals surface area contributed by atoms with E-state index in [2.05, 4.69) is 5.32 Å². The fourth-order valence-electron chi connectivity index (χ4n) is 2.42. The van der Waals surface area contributed by atoms with Gasteiger partial charge in [0.1, 0.15) is 5.00 Å². The highest BCUT2D eigenvalue weighted by Gasteiger charge is 2.25. The monoisotopic (exact) mass is 406 g/mol. The number of ketones is 1. The normalized spacial score (nSPS) is 10.2. The van der Waals surface area contributed by atoms with E-state index in [0.29, 0.717) is 10.4 Å². The van der Waals surface area contributed by atoms with Crippen molar-refractivity contribution >= 4 is 39.7 Å². The van der Waals surface area contributed by atoms with Crippen LogP contribution < -0.4 is 10.1 Å². The zero-order chi connectivity index (χ0) is 20.8. The number of esters is 1. The molecule has 0 atom stereocenters. The second kappa shape index (κ2) is 9.09. The Balaban J connectivity index is 2.20. The Morgan fingerprint density at radius 3 is 2.54 bits per heavy atom. The fourth-order valence-corrected chi connectivity index (χ4v) is 3.53. The van der Waals surface area contributed by atoms with Gasteiger partial charge in [-0.3, -0.25) is 19.7 Å². The highest BCUT2D eigenvalue weighted by molar-refractivity contribution is 7.18.